The number of esters is 2. The molecule has 0 bridgehead atoms. The van der Waals surface area contributed by atoms with Gasteiger partial charge < -0.3 is 20.1 Å². The summed E-state index contributed by atoms with van der Waals surface area (Å²) in [5.74, 6) is -0.811. The second-order valence-electron chi connectivity index (χ2n) is 21.6. The van der Waals surface area contributed by atoms with E-state index in [4.69, 9.17) is 24.3 Å². The van der Waals surface area contributed by atoms with Gasteiger partial charge in [-0.15, -0.1) is 0 Å². The zero-order valence-corrected chi connectivity index (χ0v) is 49.3. The standard InChI is InChI=1S/C63H122NO8P/c1-3-5-7-9-11-13-15-17-19-21-23-25-26-27-28-29-30-31-32-33-34-36-38-40-42-44-46-48-50-52-54-56-63(66)72-61(60-71-73(67,68)70-58-57-64)59-69-62(65)55-53-51-49-47-45-43-41-39-37-35-24-22-20-18-16-14-12-10-8-6-4-2/h21-24,61H,3-20,25-60,64H2,1-2H3,(H,67,68)/b23-21-,24-22-. The van der Waals surface area contributed by atoms with E-state index in [2.05, 4.69) is 38.2 Å². The largest absolute Gasteiger partial charge is 0.472 e. The van der Waals surface area contributed by atoms with Crippen LogP contribution in [0.3, 0.4) is 0 Å². The second kappa shape index (κ2) is 59.7. The van der Waals surface area contributed by atoms with Gasteiger partial charge in [0, 0.05) is 19.4 Å². The summed E-state index contributed by atoms with van der Waals surface area (Å²) in [6.45, 7) is 3.80. The van der Waals surface area contributed by atoms with Crippen LogP contribution in [0, 0.1) is 0 Å². The zero-order valence-electron chi connectivity index (χ0n) is 48.4. The maximum Gasteiger partial charge on any atom is 0.472 e. The molecule has 432 valence electrons. The molecule has 0 aromatic rings. The highest BCUT2D eigenvalue weighted by Crippen LogP contribution is 2.43. The van der Waals surface area contributed by atoms with Crippen molar-refractivity contribution in [1.82, 2.24) is 0 Å². The van der Waals surface area contributed by atoms with E-state index in [0.29, 0.717) is 6.42 Å². The van der Waals surface area contributed by atoms with Crippen molar-refractivity contribution in [2.24, 2.45) is 5.73 Å². The molecule has 2 atom stereocenters. The predicted octanol–water partition coefficient (Wildman–Crippen LogP) is 20.2. The third-order valence-electron chi connectivity index (χ3n) is 14.3. The van der Waals surface area contributed by atoms with Crippen LogP contribution in [0.1, 0.15) is 335 Å². The number of hydrogen-bond donors (Lipinski definition) is 2. The highest BCUT2D eigenvalue weighted by atomic mass is 31.2. The van der Waals surface area contributed by atoms with Gasteiger partial charge >= 0.3 is 19.8 Å². The predicted molar refractivity (Wildman–Crippen MR) is 312 cm³/mol. The summed E-state index contributed by atoms with van der Waals surface area (Å²) in [5.41, 5.74) is 5.39. The van der Waals surface area contributed by atoms with Gasteiger partial charge in [-0.2, -0.15) is 0 Å². The van der Waals surface area contributed by atoms with Crippen molar-refractivity contribution in [2.45, 2.75) is 341 Å². The van der Waals surface area contributed by atoms with Gasteiger partial charge in [0.15, 0.2) is 6.10 Å². The van der Waals surface area contributed by atoms with Crippen LogP contribution >= 0.6 is 7.82 Å². The van der Waals surface area contributed by atoms with E-state index in [1.165, 1.54) is 270 Å². The number of carbonyl (C=O) groups excluding carboxylic acids is 2. The van der Waals surface area contributed by atoms with Crippen LogP contribution in [0.4, 0.5) is 0 Å². The Morgan fingerprint density at radius 2 is 0.671 bits per heavy atom. The molecule has 0 aliphatic heterocycles. The number of phosphoric ester groups is 1. The minimum absolute atomic E-state index is 0.0557. The van der Waals surface area contributed by atoms with Gasteiger partial charge in [0.2, 0.25) is 0 Å². The first-order valence-corrected chi connectivity index (χ1v) is 33.3. The third kappa shape index (κ3) is 59.6. The number of nitrogens with two attached hydrogens (primary N) is 1. The summed E-state index contributed by atoms with van der Waals surface area (Å²) in [6, 6.07) is 0. The molecular weight excluding hydrogens is 930 g/mol. The van der Waals surface area contributed by atoms with Gasteiger partial charge in [-0.1, -0.05) is 282 Å². The molecule has 0 saturated carbocycles. The first-order chi connectivity index (χ1) is 35.8. The quantitative estimate of drug-likeness (QED) is 0.0264. The van der Waals surface area contributed by atoms with E-state index >= 15 is 0 Å². The molecule has 3 N–H and O–H groups in total. The number of unbranched alkanes of at least 4 members (excludes halogenated alkanes) is 44. The average Bonchev–Trinajstić information content (AvgIpc) is 3.38. The van der Waals surface area contributed by atoms with Crippen molar-refractivity contribution in [2.75, 3.05) is 26.4 Å². The van der Waals surface area contributed by atoms with Crippen LogP contribution in [0.15, 0.2) is 24.3 Å². The summed E-state index contributed by atoms with van der Waals surface area (Å²) in [7, 11) is -4.39. The summed E-state index contributed by atoms with van der Waals surface area (Å²) in [6.07, 6.45) is 71.1. The third-order valence-corrected chi connectivity index (χ3v) is 15.3. The molecule has 73 heavy (non-hydrogen) atoms. The molecule has 0 spiro atoms. The van der Waals surface area contributed by atoms with E-state index in [0.717, 1.165) is 32.1 Å². The molecule has 0 rings (SSSR count). The van der Waals surface area contributed by atoms with Crippen molar-refractivity contribution in [3.05, 3.63) is 24.3 Å². The highest BCUT2D eigenvalue weighted by Gasteiger charge is 2.26. The first kappa shape index (κ1) is 71.5. The monoisotopic (exact) mass is 1050 g/mol. The van der Waals surface area contributed by atoms with Crippen LogP contribution in [0.2, 0.25) is 0 Å². The molecule has 0 aromatic carbocycles. The van der Waals surface area contributed by atoms with E-state index < -0.39 is 26.5 Å². The SMILES string of the molecule is CCCCCCCCCC/C=C\CCCCCCCCCCCCCCCCCCCCCC(=O)OC(COC(=O)CCCCCCCCCCC/C=C\CCCCCCCCCC)COP(=O)(O)OCCN. The van der Waals surface area contributed by atoms with Gasteiger partial charge in [-0.25, -0.2) is 4.57 Å². The van der Waals surface area contributed by atoms with Crippen molar-refractivity contribution in [1.29, 1.82) is 0 Å². The van der Waals surface area contributed by atoms with E-state index in [-0.39, 0.29) is 38.6 Å². The van der Waals surface area contributed by atoms with Gasteiger partial charge in [0.1, 0.15) is 6.61 Å². The average molecular weight is 1050 g/mol. The Kier molecular flexibility index (Phi) is 58.5. The molecular formula is C63H122NO8P. The summed E-state index contributed by atoms with van der Waals surface area (Å²) < 4.78 is 33.1. The molecule has 10 heteroatoms. The smallest absolute Gasteiger partial charge is 0.462 e. The van der Waals surface area contributed by atoms with E-state index in [1.54, 1.807) is 0 Å². The number of carbonyl (C=O) groups is 2. The summed E-state index contributed by atoms with van der Waals surface area (Å²) >= 11 is 0. The van der Waals surface area contributed by atoms with Crippen LogP contribution in [0.5, 0.6) is 0 Å². The molecule has 0 fully saturated rings. The Labute approximate surface area is 452 Å². The lowest BCUT2D eigenvalue weighted by atomic mass is 10.0. The molecule has 0 saturated heterocycles. The molecule has 0 heterocycles. The first-order valence-electron chi connectivity index (χ1n) is 31.8. The van der Waals surface area contributed by atoms with Gasteiger partial charge in [-0.3, -0.25) is 18.6 Å². The van der Waals surface area contributed by atoms with Crippen LogP contribution in [-0.4, -0.2) is 49.3 Å². The number of allylic oxidation sites excluding steroid dienone is 4. The van der Waals surface area contributed by atoms with Gasteiger partial charge in [0.25, 0.3) is 0 Å². The summed E-state index contributed by atoms with van der Waals surface area (Å²) in [5, 5.41) is 0. The highest BCUT2D eigenvalue weighted by molar-refractivity contribution is 7.47. The Morgan fingerprint density at radius 1 is 0.397 bits per heavy atom. The van der Waals surface area contributed by atoms with Gasteiger partial charge in [-0.05, 0) is 64.2 Å². The van der Waals surface area contributed by atoms with Crippen LogP contribution in [0.25, 0.3) is 0 Å². The molecule has 2 unspecified atom stereocenters. The lowest BCUT2D eigenvalue weighted by Crippen LogP contribution is -2.29. The molecule has 0 aliphatic carbocycles. The minimum Gasteiger partial charge on any atom is -0.462 e. The van der Waals surface area contributed by atoms with Crippen LogP contribution in [-0.2, 0) is 32.7 Å². The lowest BCUT2D eigenvalue weighted by molar-refractivity contribution is -0.161. The van der Waals surface area contributed by atoms with Crippen molar-refractivity contribution in [3.63, 3.8) is 0 Å². The molecule has 9 nitrogen and oxygen atoms in total. The molecule has 0 radical (unpaired) electrons. The number of phosphoric acid groups is 1. The fourth-order valence-corrected chi connectivity index (χ4v) is 10.3. The van der Waals surface area contributed by atoms with Crippen LogP contribution < -0.4 is 5.73 Å². The number of rotatable bonds is 61. The zero-order chi connectivity index (χ0) is 53.1. The summed E-state index contributed by atoms with van der Waals surface area (Å²) in [4.78, 5) is 35.2. The maximum atomic E-state index is 12.7. The van der Waals surface area contributed by atoms with Crippen molar-refractivity contribution >= 4 is 19.8 Å². The Balaban J connectivity index is 3.86. The fourth-order valence-electron chi connectivity index (χ4n) is 9.57. The molecule has 0 aromatic heterocycles. The Hall–Kier alpha value is -1.51. The Morgan fingerprint density at radius 3 is 0.973 bits per heavy atom. The normalized spacial score (nSPS) is 13.1. The maximum absolute atomic E-state index is 12.7. The van der Waals surface area contributed by atoms with Crippen molar-refractivity contribution in [3.8, 4) is 0 Å². The second-order valence-corrected chi connectivity index (χ2v) is 23.1. The van der Waals surface area contributed by atoms with Gasteiger partial charge in [0.05, 0.1) is 13.2 Å². The lowest BCUT2D eigenvalue weighted by Gasteiger charge is -2.19. The molecule has 0 amide bonds. The minimum atomic E-state index is -4.39. The van der Waals surface area contributed by atoms with Crippen molar-refractivity contribution < 1.29 is 37.6 Å². The fraction of sp³-hybridized carbons (Fsp3) is 0.905. The number of ether oxygens (including phenoxy) is 2. The van der Waals surface area contributed by atoms with E-state index in [1.807, 2.05) is 0 Å². The van der Waals surface area contributed by atoms with E-state index in [9.17, 15) is 19.0 Å². The number of hydrogen-bond acceptors (Lipinski definition) is 8. The Bertz CT molecular complexity index is 1250. The molecule has 0 aliphatic rings. The topological polar surface area (TPSA) is 134 Å².